The third-order valence-electron chi connectivity index (χ3n) is 4.63. The molecule has 0 saturated heterocycles. The lowest BCUT2D eigenvalue weighted by Gasteiger charge is -2.20. The van der Waals surface area contributed by atoms with Gasteiger partial charge in [-0.1, -0.05) is 12.0 Å². The number of nitrogens with one attached hydrogen (secondary N) is 2. The van der Waals surface area contributed by atoms with E-state index in [1.807, 2.05) is 0 Å². The van der Waals surface area contributed by atoms with E-state index in [0.29, 0.717) is 0 Å². The highest BCUT2D eigenvalue weighted by molar-refractivity contribution is 6.01. The van der Waals surface area contributed by atoms with Gasteiger partial charge in [0.05, 0.1) is 24.5 Å². The predicted molar refractivity (Wildman–Crippen MR) is 129 cm³/mol. The maximum atomic E-state index is 13.1. The summed E-state index contributed by atoms with van der Waals surface area (Å²) < 4.78 is 50.6. The molecule has 3 aromatic heterocycles. The summed E-state index contributed by atoms with van der Waals surface area (Å²) in [5, 5.41) is 4.43. The predicted octanol–water partition coefficient (Wildman–Crippen LogP) is 2.80. The average Bonchev–Trinajstić information content (AvgIpc) is 3.21. The lowest BCUT2D eigenvalue weighted by atomic mass is 10.2. The number of amides is 1. The molecule has 1 amide bonds. The van der Waals surface area contributed by atoms with Gasteiger partial charge in [0.2, 0.25) is 0 Å². The summed E-state index contributed by atoms with van der Waals surface area (Å²) in [5.74, 6) is 1.08. The zero-order chi connectivity index (χ0) is 28.3. The summed E-state index contributed by atoms with van der Waals surface area (Å²) in [6.07, 6.45) is -3.85. The van der Waals surface area contributed by atoms with E-state index in [2.05, 4.69) is 36.8 Å². The standard InChI is InChI=1S/C24H23F3N6O5/c1-23(2,3)38-16(34)11-28-20-17-18(33(4)12-29-17)14(19(31-20)32-22(36)24(25,26)27)10-9-13-7-6-8-15(30-13)21(35)37-5/h6-8,12H,11H2,1-5H3,(H2,28,31,32,36). The first-order chi connectivity index (χ1) is 17.7. The minimum absolute atomic E-state index is 0.0320. The van der Waals surface area contributed by atoms with Crippen LogP contribution in [0.5, 0.6) is 0 Å². The van der Waals surface area contributed by atoms with Crippen LogP contribution in [0.4, 0.5) is 24.8 Å². The van der Waals surface area contributed by atoms with Crippen LogP contribution in [0, 0.1) is 11.8 Å². The first-order valence-electron chi connectivity index (χ1n) is 11.0. The number of anilines is 2. The summed E-state index contributed by atoms with van der Waals surface area (Å²) in [6.45, 7) is 4.65. The van der Waals surface area contributed by atoms with Crippen molar-refractivity contribution >= 4 is 40.5 Å². The molecule has 0 aliphatic carbocycles. The Hall–Kier alpha value is -4.67. The Morgan fingerprint density at radius 2 is 1.79 bits per heavy atom. The molecule has 0 bridgehead atoms. The molecular weight excluding hydrogens is 509 g/mol. The normalized spacial score (nSPS) is 11.4. The number of methoxy groups -OCH3 is 1. The van der Waals surface area contributed by atoms with Gasteiger partial charge in [0.1, 0.15) is 29.1 Å². The van der Waals surface area contributed by atoms with Crippen molar-refractivity contribution < 1.29 is 37.0 Å². The van der Waals surface area contributed by atoms with E-state index in [4.69, 9.17) is 4.74 Å². The number of pyridine rings is 2. The fourth-order valence-corrected chi connectivity index (χ4v) is 3.12. The van der Waals surface area contributed by atoms with Crippen LogP contribution in [0.1, 0.15) is 42.5 Å². The molecule has 0 spiro atoms. The van der Waals surface area contributed by atoms with Gasteiger partial charge in [-0.15, -0.1) is 0 Å². The molecular formula is C24H23F3N6O5. The van der Waals surface area contributed by atoms with Gasteiger partial charge in [-0.2, -0.15) is 13.2 Å². The summed E-state index contributed by atoms with van der Waals surface area (Å²) in [4.78, 5) is 48.1. The monoisotopic (exact) mass is 532 g/mol. The minimum Gasteiger partial charge on any atom is -0.464 e. The van der Waals surface area contributed by atoms with Crippen molar-refractivity contribution in [3.05, 3.63) is 41.5 Å². The fraction of sp³-hybridized carbons (Fsp3) is 0.333. The summed E-state index contributed by atoms with van der Waals surface area (Å²) in [6, 6.07) is 4.37. The molecule has 0 aliphatic rings. The molecule has 0 aromatic carbocycles. The summed E-state index contributed by atoms with van der Waals surface area (Å²) >= 11 is 0. The highest BCUT2D eigenvalue weighted by Crippen LogP contribution is 2.30. The van der Waals surface area contributed by atoms with Gasteiger partial charge in [-0.25, -0.2) is 19.7 Å². The van der Waals surface area contributed by atoms with Gasteiger partial charge >= 0.3 is 24.0 Å². The number of ether oxygens (including phenoxy) is 2. The Morgan fingerprint density at radius 3 is 2.42 bits per heavy atom. The zero-order valence-electron chi connectivity index (χ0n) is 21.0. The first kappa shape index (κ1) is 27.9. The molecule has 38 heavy (non-hydrogen) atoms. The lowest BCUT2D eigenvalue weighted by Crippen LogP contribution is -2.31. The molecule has 0 aliphatic heterocycles. The Kier molecular flexibility index (Phi) is 7.90. The number of fused-ring (bicyclic) bond motifs is 1. The summed E-state index contributed by atoms with van der Waals surface area (Å²) in [7, 11) is 2.74. The summed E-state index contributed by atoms with van der Waals surface area (Å²) in [5.41, 5.74) is -0.427. The molecule has 0 saturated carbocycles. The molecule has 14 heteroatoms. The van der Waals surface area contributed by atoms with E-state index in [0.717, 1.165) is 0 Å². The number of hydrogen-bond donors (Lipinski definition) is 2. The molecule has 0 radical (unpaired) electrons. The van der Waals surface area contributed by atoms with Crippen LogP contribution in [0.3, 0.4) is 0 Å². The van der Waals surface area contributed by atoms with Crippen LogP contribution in [-0.4, -0.2) is 62.8 Å². The number of imidazole rings is 1. The number of nitrogens with zero attached hydrogens (tertiary/aromatic N) is 4. The SMILES string of the molecule is COC(=O)c1cccc(C#Cc2c(NC(=O)C(F)(F)F)nc(NCC(=O)OC(C)(C)C)c3ncn(C)c23)n1. The van der Waals surface area contributed by atoms with E-state index in [-0.39, 0.29) is 40.3 Å². The molecule has 3 aromatic rings. The number of alkyl halides is 3. The Balaban J connectivity index is 2.12. The van der Waals surface area contributed by atoms with Crippen LogP contribution in [-0.2, 0) is 26.1 Å². The van der Waals surface area contributed by atoms with E-state index in [9.17, 15) is 27.6 Å². The van der Waals surface area contributed by atoms with Crippen LogP contribution in [0.15, 0.2) is 24.5 Å². The third-order valence-corrected chi connectivity index (χ3v) is 4.63. The second-order valence-electron chi connectivity index (χ2n) is 8.78. The van der Waals surface area contributed by atoms with Crippen molar-refractivity contribution in [1.82, 2.24) is 19.5 Å². The molecule has 0 fully saturated rings. The Morgan fingerprint density at radius 1 is 1.08 bits per heavy atom. The van der Waals surface area contributed by atoms with Crippen molar-refractivity contribution in [2.75, 3.05) is 24.3 Å². The van der Waals surface area contributed by atoms with Crippen LogP contribution in [0.2, 0.25) is 0 Å². The number of carbonyl (C=O) groups is 3. The van der Waals surface area contributed by atoms with E-state index < -0.39 is 35.4 Å². The third kappa shape index (κ3) is 6.75. The highest BCUT2D eigenvalue weighted by atomic mass is 19.4. The maximum absolute atomic E-state index is 13.1. The number of halogens is 3. The van der Waals surface area contributed by atoms with Gasteiger partial charge in [0.25, 0.3) is 0 Å². The number of aromatic nitrogens is 4. The van der Waals surface area contributed by atoms with Crippen LogP contribution < -0.4 is 10.6 Å². The largest absolute Gasteiger partial charge is 0.471 e. The molecule has 3 rings (SSSR count). The highest BCUT2D eigenvalue weighted by Gasteiger charge is 2.39. The molecule has 3 heterocycles. The number of aryl methyl sites for hydroxylation is 1. The number of esters is 2. The molecule has 0 atom stereocenters. The second kappa shape index (κ2) is 10.8. The molecule has 11 nitrogen and oxygen atoms in total. The van der Waals surface area contributed by atoms with Crippen molar-refractivity contribution in [3.8, 4) is 11.8 Å². The number of carbonyl (C=O) groups excluding carboxylic acids is 3. The van der Waals surface area contributed by atoms with E-state index in [1.54, 1.807) is 33.1 Å². The second-order valence-corrected chi connectivity index (χ2v) is 8.78. The zero-order valence-corrected chi connectivity index (χ0v) is 21.0. The number of rotatable bonds is 5. The Bertz CT molecular complexity index is 1460. The minimum atomic E-state index is -5.21. The number of hydrogen-bond acceptors (Lipinski definition) is 9. The van der Waals surface area contributed by atoms with Crippen molar-refractivity contribution in [3.63, 3.8) is 0 Å². The van der Waals surface area contributed by atoms with Gasteiger partial charge < -0.3 is 24.7 Å². The maximum Gasteiger partial charge on any atom is 0.471 e. The van der Waals surface area contributed by atoms with Gasteiger partial charge in [-0.05, 0) is 38.8 Å². The van der Waals surface area contributed by atoms with Gasteiger partial charge in [-0.3, -0.25) is 9.59 Å². The first-order valence-corrected chi connectivity index (χ1v) is 11.0. The molecule has 200 valence electrons. The topological polar surface area (TPSA) is 137 Å². The molecule has 2 N–H and O–H groups in total. The van der Waals surface area contributed by atoms with Crippen molar-refractivity contribution in [2.24, 2.45) is 7.05 Å². The smallest absolute Gasteiger partial charge is 0.464 e. The van der Waals surface area contributed by atoms with Crippen molar-refractivity contribution in [1.29, 1.82) is 0 Å². The fourth-order valence-electron chi connectivity index (χ4n) is 3.12. The van der Waals surface area contributed by atoms with Gasteiger partial charge in [0.15, 0.2) is 11.6 Å². The van der Waals surface area contributed by atoms with Crippen LogP contribution in [0.25, 0.3) is 11.0 Å². The quantitative estimate of drug-likeness (QED) is 0.375. The molecule has 0 unspecified atom stereocenters. The van der Waals surface area contributed by atoms with E-state index in [1.165, 1.54) is 36.2 Å². The lowest BCUT2D eigenvalue weighted by molar-refractivity contribution is -0.167. The average molecular weight is 532 g/mol. The Labute approximate surface area is 214 Å². The van der Waals surface area contributed by atoms with Crippen LogP contribution >= 0.6 is 0 Å². The van der Waals surface area contributed by atoms with Gasteiger partial charge in [0, 0.05) is 7.05 Å². The van der Waals surface area contributed by atoms with E-state index >= 15 is 0 Å². The van der Waals surface area contributed by atoms with Crippen molar-refractivity contribution in [2.45, 2.75) is 32.5 Å².